The lowest BCUT2D eigenvalue weighted by Gasteiger charge is -2.41. The standard InChI is InChI=1S/C16H18Cl2O4/c1-5-16(4,9-6-7-10(17)11(18)8-9)12-13(19)21-15(2,3)22-14(12)20/h6-8,12H,5H2,1-4H3/t16-/m0/s1. The van der Waals surface area contributed by atoms with E-state index >= 15 is 0 Å². The average Bonchev–Trinajstić information content (AvgIpc) is 2.39. The van der Waals surface area contributed by atoms with Gasteiger partial charge in [-0.25, -0.2) is 0 Å². The molecule has 0 amide bonds. The van der Waals surface area contributed by atoms with E-state index in [4.69, 9.17) is 32.7 Å². The van der Waals surface area contributed by atoms with E-state index in [0.717, 1.165) is 5.56 Å². The number of ether oxygens (including phenoxy) is 2. The molecule has 0 aromatic heterocycles. The van der Waals surface area contributed by atoms with Crippen LogP contribution in [0.25, 0.3) is 0 Å². The molecule has 6 heteroatoms. The fraction of sp³-hybridized carbons (Fsp3) is 0.500. The van der Waals surface area contributed by atoms with Crippen LogP contribution in [0.5, 0.6) is 0 Å². The molecule has 1 heterocycles. The van der Waals surface area contributed by atoms with Gasteiger partial charge in [0.05, 0.1) is 10.0 Å². The van der Waals surface area contributed by atoms with E-state index in [2.05, 4.69) is 0 Å². The third-order valence-electron chi connectivity index (χ3n) is 4.11. The predicted molar refractivity (Wildman–Crippen MR) is 83.9 cm³/mol. The maximum atomic E-state index is 12.4. The van der Waals surface area contributed by atoms with Gasteiger partial charge in [0.2, 0.25) is 0 Å². The summed E-state index contributed by atoms with van der Waals surface area (Å²) in [4.78, 5) is 24.7. The minimum atomic E-state index is -1.24. The molecule has 120 valence electrons. The second-order valence-electron chi connectivity index (χ2n) is 6.07. The summed E-state index contributed by atoms with van der Waals surface area (Å²) in [6.45, 7) is 6.77. The molecule has 0 bridgehead atoms. The van der Waals surface area contributed by atoms with Gasteiger partial charge < -0.3 is 9.47 Å². The summed E-state index contributed by atoms with van der Waals surface area (Å²) < 4.78 is 10.5. The highest BCUT2D eigenvalue weighted by Crippen LogP contribution is 2.42. The van der Waals surface area contributed by atoms with Crippen molar-refractivity contribution in [2.45, 2.75) is 45.3 Å². The maximum absolute atomic E-state index is 12.4. The van der Waals surface area contributed by atoms with Crippen molar-refractivity contribution in [2.75, 3.05) is 0 Å². The number of esters is 2. The Bertz CT molecular complexity index is 607. The van der Waals surface area contributed by atoms with Crippen molar-refractivity contribution in [1.29, 1.82) is 0 Å². The topological polar surface area (TPSA) is 52.6 Å². The number of hydrogen-bond acceptors (Lipinski definition) is 4. The van der Waals surface area contributed by atoms with Crippen molar-refractivity contribution >= 4 is 35.1 Å². The highest BCUT2D eigenvalue weighted by Gasteiger charge is 2.52. The highest BCUT2D eigenvalue weighted by molar-refractivity contribution is 6.42. The van der Waals surface area contributed by atoms with E-state index in [1.165, 1.54) is 13.8 Å². The first-order valence-corrected chi connectivity index (χ1v) is 7.77. The Labute approximate surface area is 139 Å². The first-order chi connectivity index (χ1) is 10.1. The van der Waals surface area contributed by atoms with Crippen molar-refractivity contribution < 1.29 is 19.1 Å². The Balaban J connectivity index is 2.47. The van der Waals surface area contributed by atoms with E-state index in [9.17, 15) is 9.59 Å². The summed E-state index contributed by atoms with van der Waals surface area (Å²) in [7, 11) is 0. The van der Waals surface area contributed by atoms with Crippen molar-refractivity contribution in [2.24, 2.45) is 5.92 Å². The zero-order valence-electron chi connectivity index (χ0n) is 12.9. The third-order valence-corrected chi connectivity index (χ3v) is 4.85. The van der Waals surface area contributed by atoms with Crippen molar-refractivity contribution in [3.05, 3.63) is 33.8 Å². The Hall–Kier alpha value is -1.26. The van der Waals surface area contributed by atoms with Crippen molar-refractivity contribution in [1.82, 2.24) is 0 Å². The number of hydrogen-bond donors (Lipinski definition) is 0. The zero-order chi connectivity index (χ0) is 16.7. The van der Waals surface area contributed by atoms with Gasteiger partial charge in [0.1, 0.15) is 0 Å². The molecule has 1 saturated heterocycles. The smallest absolute Gasteiger partial charge is 0.324 e. The fourth-order valence-corrected chi connectivity index (χ4v) is 2.96. The molecule has 0 unspecified atom stereocenters. The first kappa shape index (κ1) is 17.1. The molecule has 1 aromatic carbocycles. The molecule has 22 heavy (non-hydrogen) atoms. The van der Waals surface area contributed by atoms with Crippen LogP contribution >= 0.6 is 23.2 Å². The normalized spacial score (nSPS) is 21.0. The molecule has 0 spiro atoms. The Morgan fingerprint density at radius 1 is 1.14 bits per heavy atom. The minimum Gasteiger partial charge on any atom is -0.422 e. The van der Waals surface area contributed by atoms with Crippen LogP contribution in [0.15, 0.2) is 18.2 Å². The summed E-state index contributed by atoms with van der Waals surface area (Å²) >= 11 is 12.0. The number of cyclic esters (lactones) is 2. The van der Waals surface area contributed by atoms with Gasteiger partial charge in [0.25, 0.3) is 5.79 Å². The Morgan fingerprint density at radius 3 is 2.14 bits per heavy atom. The van der Waals surface area contributed by atoms with Crippen LogP contribution in [0.2, 0.25) is 10.0 Å². The Kier molecular flexibility index (Phi) is 4.46. The molecular weight excluding hydrogens is 327 g/mol. The molecule has 1 aromatic rings. The monoisotopic (exact) mass is 344 g/mol. The van der Waals surface area contributed by atoms with Gasteiger partial charge in [0.15, 0.2) is 5.92 Å². The van der Waals surface area contributed by atoms with E-state index in [1.54, 1.807) is 18.2 Å². The number of carbonyl (C=O) groups excluding carboxylic acids is 2. The second kappa shape index (κ2) is 5.74. The van der Waals surface area contributed by atoms with E-state index in [1.807, 2.05) is 13.8 Å². The lowest BCUT2D eigenvalue weighted by molar-refractivity contribution is -0.243. The number of carbonyl (C=O) groups is 2. The summed E-state index contributed by atoms with van der Waals surface area (Å²) in [5.41, 5.74) is -0.0539. The van der Waals surface area contributed by atoms with E-state index < -0.39 is 29.1 Å². The van der Waals surface area contributed by atoms with Gasteiger partial charge in [-0.15, -0.1) is 0 Å². The molecule has 1 aliphatic heterocycles. The summed E-state index contributed by atoms with van der Waals surface area (Å²) in [5, 5.41) is 0.788. The van der Waals surface area contributed by atoms with Crippen LogP contribution in [-0.4, -0.2) is 17.7 Å². The average molecular weight is 345 g/mol. The molecule has 1 fully saturated rings. The van der Waals surface area contributed by atoms with E-state index in [0.29, 0.717) is 16.5 Å². The molecule has 1 atom stereocenters. The molecule has 0 radical (unpaired) electrons. The highest BCUT2D eigenvalue weighted by atomic mass is 35.5. The molecule has 4 nitrogen and oxygen atoms in total. The fourth-order valence-electron chi connectivity index (χ4n) is 2.67. The number of rotatable bonds is 3. The quantitative estimate of drug-likeness (QED) is 0.611. The van der Waals surface area contributed by atoms with Gasteiger partial charge in [-0.3, -0.25) is 9.59 Å². The molecular formula is C16H18Cl2O4. The van der Waals surface area contributed by atoms with Gasteiger partial charge in [-0.2, -0.15) is 0 Å². The van der Waals surface area contributed by atoms with Gasteiger partial charge in [-0.05, 0) is 24.1 Å². The van der Waals surface area contributed by atoms with Crippen LogP contribution in [0.3, 0.4) is 0 Å². The first-order valence-electron chi connectivity index (χ1n) is 7.02. The van der Waals surface area contributed by atoms with Crippen LogP contribution in [0.4, 0.5) is 0 Å². The van der Waals surface area contributed by atoms with Gasteiger partial charge in [-0.1, -0.05) is 43.1 Å². The van der Waals surface area contributed by atoms with Crippen LogP contribution in [-0.2, 0) is 24.5 Å². The molecule has 1 aliphatic rings. The lowest BCUT2D eigenvalue weighted by Crippen LogP contribution is -2.53. The van der Waals surface area contributed by atoms with Gasteiger partial charge >= 0.3 is 11.9 Å². The summed E-state index contributed by atoms with van der Waals surface area (Å²) in [6.07, 6.45) is 0.528. The lowest BCUT2D eigenvalue weighted by atomic mass is 9.69. The van der Waals surface area contributed by atoms with Crippen molar-refractivity contribution in [3.63, 3.8) is 0 Å². The SMILES string of the molecule is CC[C@@](C)(c1ccc(Cl)c(Cl)c1)C1C(=O)OC(C)(C)OC1=O. The number of benzene rings is 1. The van der Waals surface area contributed by atoms with Gasteiger partial charge in [0, 0.05) is 19.3 Å². The van der Waals surface area contributed by atoms with Crippen LogP contribution in [0.1, 0.15) is 39.7 Å². The Morgan fingerprint density at radius 2 is 1.68 bits per heavy atom. The molecule has 2 rings (SSSR count). The second-order valence-corrected chi connectivity index (χ2v) is 6.89. The predicted octanol–water partition coefficient (Wildman–Crippen LogP) is 4.11. The third kappa shape index (κ3) is 2.95. The molecule has 0 aliphatic carbocycles. The van der Waals surface area contributed by atoms with E-state index in [-0.39, 0.29) is 0 Å². The summed E-state index contributed by atoms with van der Waals surface area (Å²) in [6, 6.07) is 5.09. The summed E-state index contributed by atoms with van der Waals surface area (Å²) in [5.74, 6) is -3.45. The van der Waals surface area contributed by atoms with Crippen LogP contribution in [0, 0.1) is 5.92 Å². The van der Waals surface area contributed by atoms with Crippen LogP contribution < -0.4 is 0 Å². The molecule has 0 N–H and O–H groups in total. The number of halogens is 2. The zero-order valence-corrected chi connectivity index (χ0v) is 14.4. The minimum absolute atomic E-state index is 0.372. The van der Waals surface area contributed by atoms with Crippen molar-refractivity contribution in [3.8, 4) is 0 Å². The molecule has 0 saturated carbocycles. The maximum Gasteiger partial charge on any atom is 0.324 e. The largest absolute Gasteiger partial charge is 0.422 e.